The zero-order chi connectivity index (χ0) is 28.2. The Balaban J connectivity index is 1.09. The molecule has 4 aromatic heterocycles. The van der Waals surface area contributed by atoms with Crippen molar-refractivity contribution in [2.45, 2.75) is 63.2 Å². The summed E-state index contributed by atoms with van der Waals surface area (Å²) in [5.74, 6) is -0.569. The first-order chi connectivity index (χ1) is 20.0. The molecule has 2 amide bonds. The first-order valence-electron chi connectivity index (χ1n) is 13.7. The molecule has 2 saturated carbocycles. The van der Waals surface area contributed by atoms with E-state index in [1.807, 2.05) is 16.8 Å². The number of halogens is 1. The highest BCUT2D eigenvalue weighted by atomic mass is 19.1. The van der Waals surface area contributed by atoms with E-state index in [-0.39, 0.29) is 30.1 Å². The van der Waals surface area contributed by atoms with Gasteiger partial charge < -0.3 is 30.6 Å². The van der Waals surface area contributed by atoms with E-state index in [4.69, 9.17) is 4.74 Å². The highest BCUT2D eigenvalue weighted by Gasteiger charge is 2.26. The largest absolute Gasteiger partial charge is 0.448 e. The molecule has 2 fully saturated rings. The first kappa shape index (κ1) is 26.5. The van der Waals surface area contributed by atoms with Crippen LogP contribution in [0.4, 0.5) is 26.4 Å². The zero-order valence-electron chi connectivity index (χ0n) is 22.3. The summed E-state index contributed by atoms with van der Waals surface area (Å²) in [7, 11) is 0. The molecule has 0 aliphatic heterocycles. The van der Waals surface area contributed by atoms with Crippen LogP contribution >= 0.6 is 0 Å². The normalized spacial score (nSPS) is 18.6. The Labute approximate surface area is 234 Å². The second-order valence-electron chi connectivity index (χ2n) is 10.3. The van der Waals surface area contributed by atoms with E-state index in [0.717, 1.165) is 50.4 Å². The van der Waals surface area contributed by atoms with Crippen LogP contribution in [0.1, 0.15) is 49.0 Å². The number of aromatic nitrogens is 6. The van der Waals surface area contributed by atoms with Crippen LogP contribution in [0.5, 0.6) is 0 Å². The summed E-state index contributed by atoms with van der Waals surface area (Å²) in [5.41, 5.74) is 1.49. The van der Waals surface area contributed by atoms with Crippen LogP contribution in [-0.4, -0.2) is 65.9 Å². The maximum absolute atomic E-state index is 14.1. The topological polar surface area (TPSA) is 152 Å². The predicted molar refractivity (Wildman–Crippen MR) is 148 cm³/mol. The van der Waals surface area contributed by atoms with Crippen molar-refractivity contribution in [2.75, 3.05) is 22.6 Å². The van der Waals surface area contributed by atoms with Crippen LogP contribution in [0.3, 0.4) is 0 Å². The van der Waals surface area contributed by atoms with Crippen LogP contribution in [0.25, 0.3) is 5.65 Å². The summed E-state index contributed by atoms with van der Waals surface area (Å²) in [5, 5.41) is 17.2. The number of anilines is 3. The Bertz CT molecular complexity index is 1510. The zero-order valence-corrected chi connectivity index (χ0v) is 22.3. The van der Waals surface area contributed by atoms with Gasteiger partial charge in [-0.05, 0) is 44.6 Å². The van der Waals surface area contributed by atoms with Gasteiger partial charge >= 0.3 is 6.09 Å². The Hall–Kier alpha value is -4.75. The number of nitrogens with one attached hydrogen (secondary N) is 4. The summed E-state index contributed by atoms with van der Waals surface area (Å²) in [4.78, 5) is 37.4. The van der Waals surface area contributed by atoms with E-state index in [1.165, 1.54) is 23.0 Å². The van der Waals surface area contributed by atoms with Crippen LogP contribution in [-0.2, 0) is 11.3 Å². The third-order valence-corrected chi connectivity index (χ3v) is 7.20. The SMILES string of the molecule is O=C(NC1CCC(Nc2cc(NC3CC3)c3ncc(C(=O)Nc4ccncc4F)n3n2)CC1)OCCn1ccnc1. The molecule has 14 heteroatoms. The van der Waals surface area contributed by atoms with E-state index in [1.54, 1.807) is 12.5 Å². The molecular formula is C27H31FN10O3. The minimum Gasteiger partial charge on any atom is -0.448 e. The van der Waals surface area contributed by atoms with Gasteiger partial charge in [-0.1, -0.05) is 0 Å². The van der Waals surface area contributed by atoms with Crippen molar-refractivity contribution in [3.63, 3.8) is 0 Å². The number of fused-ring (bicyclic) bond motifs is 1. The number of imidazole rings is 2. The standard InChI is InChI=1S/C27H31FN10O3/c28-20-14-29-8-7-21(20)35-26(39)23-15-31-25-22(32-17-1-2-17)13-24(36-38(23)25)33-18-3-5-19(6-4-18)34-27(40)41-12-11-37-10-9-30-16-37/h7-10,13-19,32H,1-6,11-12H2,(H,33,36)(H,34,40)(H,29,35,39). The number of hydrogen-bond acceptors (Lipinski definition) is 9. The molecule has 41 heavy (non-hydrogen) atoms. The molecule has 2 aliphatic rings. The number of alkyl carbamates (subject to hydrolysis) is 1. The molecular weight excluding hydrogens is 531 g/mol. The summed E-state index contributed by atoms with van der Waals surface area (Å²) >= 11 is 0. The minimum atomic E-state index is -0.631. The predicted octanol–water partition coefficient (Wildman–Crippen LogP) is 3.44. The smallest absolute Gasteiger partial charge is 0.407 e. The van der Waals surface area contributed by atoms with Crippen molar-refractivity contribution in [3.05, 3.63) is 61.0 Å². The molecule has 0 atom stereocenters. The maximum atomic E-state index is 14.1. The Morgan fingerprint density at radius 3 is 2.51 bits per heavy atom. The van der Waals surface area contributed by atoms with Crippen molar-refractivity contribution in [1.29, 1.82) is 0 Å². The van der Waals surface area contributed by atoms with Gasteiger partial charge in [0.05, 0.1) is 36.6 Å². The number of rotatable bonds is 10. The molecule has 6 rings (SSSR count). The van der Waals surface area contributed by atoms with Gasteiger partial charge in [0.2, 0.25) is 0 Å². The number of nitrogens with zero attached hydrogens (tertiary/aromatic N) is 6. The number of carbonyl (C=O) groups is 2. The van der Waals surface area contributed by atoms with Gasteiger partial charge in [0.25, 0.3) is 5.91 Å². The quantitative estimate of drug-likeness (QED) is 0.228. The van der Waals surface area contributed by atoms with Gasteiger partial charge in [-0.15, -0.1) is 5.10 Å². The number of amides is 2. The molecule has 4 N–H and O–H groups in total. The lowest BCUT2D eigenvalue weighted by atomic mass is 9.91. The molecule has 2 aliphatic carbocycles. The Morgan fingerprint density at radius 1 is 0.976 bits per heavy atom. The molecule has 0 bridgehead atoms. The van der Waals surface area contributed by atoms with Crippen LogP contribution in [0.2, 0.25) is 0 Å². The van der Waals surface area contributed by atoms with Crippen molar-refractivity contribution >= 4 is 34.8 Å². The lowest BCUT2D eigenvalue weighted by Crippen LogP contribution is -2.40. The number of carbonyl (C=O) groups excluding carboxylic acids is 2. The van der Waals surface area contributed by atoms with Gasteiger partial charge in [0.15, 0.2) is 17.2 Å². The number of hydrogen-bond donors (Lipinski definition) is 4. The van der Waals surface area contributed by atoms with Crippen LogP contribution in [0, 0.1) is 5.82 Å². The third-order valence-electron chi connectivity index (χ3n) is 7.20. The monoisotopic (exact) mass is 562 g/mol. The van der Waals surface area contributed by atoms with E-state index < -0.39 is 17.8 Å². The van der Waals surface area contributed by atoms with Gasteiger partial charge in [-0.2, -0.15) is 0 Å². The van der Waals surface area contributed by atoms with Crippen LogP contribution in [0.15, 0.2) is 49.4 Å². The fraction of sp³-hybridized carbons (Fsp3) is 0.407. The summed E-state index contributed by atoms with van der Waals surface area (Å²) in [6.45, 7) is 0.830. The highest BCUT2D eigenvalue weighted by molar-refractivity contribution is 6.03. The molecule has 4 heterocycles. The number of pyridine rings is 1. The first-order valence-corrected chi connectivity index (χ1v) is 13.7. The van der Waals surface area contributed by atoms with Gasteiger partial charge in [0, 0.05) is 42.8 Å². The van der Waals surface area contributed by atoms with Gasteiger partial charge in [0.1, 0.15) is 12.4 Å². The second kappa shape index (κ2) is 11.8. The summed E-state index contributed by atoms with van der Waals surface area (Å²) < 4.78 is 22.7. The summed E-state index contributed by atoms with van der Waals surface area (Å²) in [6, 6.07) is 3.83. The Morgan fingerprint density at radius 2 is 1.76 bits per heavy atom. The molecule has 4 aromatic rings. The van der Waals surface area contributed by atoms with Crippen molar-refractivity contribution in [2.24, 2.45) is 0 Å². The van der Waals surface area contributed by atoms with Gasteiger partial charge in [-0.3, -0.25) is 9.78 Å². The molecule has 0 radical (unpaired) electrons. The van der Waals surface area contributed by atoms with E-state index >= 15 is 0 Å². The maximum Gasteiger partial charge on any atom is 0.407 e. The molecule has 0 aromatic carbocycles. The van der Waals surface area contributed by atoms with Gasteiger partial charge in [-0.25, -0.2) is 23.7 Å². The van der Waals surface area contributed by atoms with Crippen molar-refractivity contribution in [1.82, 2.24) is 34.4 Å². The van der Waals surface area contributed by atoms with E-state index in [0.29, 0.717) is 24.1 Å². The third kappa shape index (κ3) is 6.53. The number of ether oxygens (including phenoxy) is 1. The van der Waals surface area contributed by atoms with Crippen LogP contribution < -0.4 is 21.3 Å². The average molecular weight is 563 g/mol. The second-order valence-corrected chi connectivity index (χ2v) is 10.3. The fourth-order valence-electron chi connectivity index (χ4n) is 4.87. The van der Waals surface area contributed by atoms with E-state index in [9.17, 15) is 14.0 Å². The molecule has 0 unspecified atom stereocenters. The fourth-order valence-corrected chi connectivity index (χ4v) is 4.87. The molecule has 0 saturated heterocycles. The summed E-state index contributed by atoms with van der Waals surface area (Å²) in [6.07, 6.45) is 14.0. The molecule has 214 valence electrons. The molecule has 0 spiro atoms. The highest BCUT2D eigenvalue weighted by Crippen LogP contribution is 2.30. The lowest BCUT2D eigenvalue weighted by molar-refractivity contribution is 0.101. The lowest BCUT2D eigenvalue weighted by Gasteiger charge is -2.29. The van der Waals surface area contributed by atoms with E-state index in [2.05, 4.69) is 41.3 Å². The van der Waals surface area contributed by atoms with Crippen molar-refractivity contribution in [3.8, 4) is 0 Å². The Kier molecular flexibility index (Phi) is 7.60. The average Bonchev–Trinajstić information content (AvgIpc) is 3.43. The minimum absolute atomic E-state index is 0.0259. The molecule has 13 nitrogen and oxygen atoms in total. The van der Waals surface area contributed by atoms with Crippen molar-refractivity contribution < 1.29 is 18.7 Å².